The first kappa shape index (κ1) is 147. The van der Waals surface area contributed by atoms with Crippen LogP contribution in [0.25, 0.3) is 0 Å². The second kappa shape index (κ2) is 113. The van der Waals surface area contributed by atoms with Crippen molar-refractivity contribution >= 4 is 73.5 Å². The summed E-state index contributed by atoms with van der Waals surface area (Å²) in [6.45, 7) is 110. The van der Waals surface area contributed by atoms with E-state index >= 15 is 0 Å². The highest BCUT2D eigenvalue weighted by atomic mass is 32.2. The molecule has 12 nitrogen and oxygen atoms in total. The molecule has 124 heavy (non-hydrogen) atoms. The predicted octanol–water partition coefficient (Wildman–Crippen LogP) is 34.9. The number of nitrogens with one attached hydrogen (secondary N) is 2. The van der Waals surface area contributed by atoms with Gasteiger partial charge in [-0.15, -0.1) is 23.5 Å². The second-order valence-corrected chi connectivity index (χ2v) is 41.2. The first-order valence-electron chi connectivity index (χ1n) is 47.5. The third-order valence-electron chi connectivity index (χ3n) is 11.6. The molecule has 730 valence electrons. The van der Waals surface area contributed by atoms with Gasteiger partial charge in [-0.25, -0.2) is 9.98 Å². The van der Waals surface area contributed by atoms with Gasteiger partial charge in [0.2, 0.25) is 0 Å². The number of aliphatic imine (C=N–C) groups is 8. The van der Waals surface area contributed by atoms with Crippen LogP contribution >= 0.6 is 23.5 Å². The Hall–Kier alpha value is -5.86. The lowest BCUT2D eigenvalue weighted by atomic mass is 10.2. The van der Waals surface area contributed by atoms with Crippen LogP contribution in [0.3, 0.4) is 0 Å². The summed E-state index contributed by atoms with van der Waals surface area (Å²) in [7, 11) is 0. The third-order valence-corrected chi connectivity index (χ3v) is 13.3. The van der Waals surface area contributed by atoms with Gasteiger partial charge in [-0.3, -0.25) is 30.0 Å². The van der Waals surface area contributed by atoms with Crippen LogP contribution in [0, 0.1) is 94.7 Å². The first-order valence-corrected chi connectivity index (χ1v) is 49.4. The maximum atomic E-state index is 5.17. The molecule has 0 heterocycles. The number of ether oxygens (including phenoxy) is 2. The number of nitrogens with zero attached hydrogens (tertiary/aromatic N) is 8. The van der Waals surface area contributed by atoms with Crippen LogP contribution in [0.15, 0.2) is 185 Å². The molecule has 0 atom stereocenters. The van der Waals surface area contributed by atoms with E-state index in [1.54, 1.807) is 25.2 Å². The van der Waals surface area contributed by atoms with Gasteiger partial charge in [0, 0.05) is 96.4 Å². The standard InChI is InChI=1S/C10H18.4C9H17N.2C8H16N2.2C8H17N.2C8H16O.2C8H16S/c1-9(2)7-5-6-8-10(3)4;2*1-8(2)5-6-10-7-9(3)4;2*1-8(2)6-5-7-10-9(3)4;2*1-7(2)5-9-6-10-8(3)4;6*1-7(2)5-6-9-8(3)4/h5-10H,1-4H3;4*5-9H,1-4H3;2*5-8H,1-4H3;2*5-9H,1-4H3;4*5-8H,1-4H3/b7-5-,8-6-;4*6-5-,10-7?;;;6*6-5-. The molecule has 0 aliphatic carbocycles. The van der Waals surface area contributed by atoms with E-state index in [9.17, 15) is 0 Å². The van der Waals surface area contributed by atoms with Crippen molar-refractivity contribution in [3.8, 4) is 0 Å². The smallest absolute Gasteiger partial charge is 0.109 e. The molecule has 0 aliphatic heterocycles. The Bertz CT molecular complexity index is 2100. The van der Waals surface area contributed by atoms with E-state index in [4.69, 9.17) is 9.47 Å². The van der Waals surface area contributed by atoms with Gasteiger partial charge in [-0.1, -0.05) is 322 Å². The van der Waals surface area contributed by atoms with Crippen LogP contribution < -0.4 is 10.6 Å². The summed E-state index contributed by atoms with van der Waals surface area (Å²) in [5.74, 6) is 9.76. The van der Waals surface area contributed by atoms with Crippen molar-refractivity contribution in [2.75, 3.05) is 0 Å². The maximum Gasteiger partial charge on any atom is 0.109 e. The highest BCUT2D eigenvalue weighted by Gasteiger charge is 1.95. The fourth-order valence-corrected chi connectivity index (χ4v) is 6.97. The van der Waals surface area contributed by atoms with Crippen LogP contribution in [0.4, 0.5) is 0 Å². The SMILES string of the molecule is CC(C)/C=C\C=C/C(C)C.CC(C)/C=C\C=NC(C)C.CC(C)/C=C\C=NC(C)C.CC(C)/C=C\NC(C)C.CC(C)/C=C\NC(C)C.CC(C)/C=C\OC(C)C.CC(C)/C=C\OC(C)C.CC(C)/C=C\SC(C)C.CC(C)/C=C\SC(C)C.CC(C)C=N/C=C\C(C)C.CC(C)C=N/C=C\C(C)C.CC(C)C=NC=NC(C)C.CC(C)C=NC=NC(C)C. The normalized spacial score (nSPS) is 12.5. The van der Waals surface area contributed by atoms with E-state index in [1.807, 2.05) is 165 Å². The highest BCUT2D eigenvalue weighted by Crippen LogP contribution is 2.13. The van der Waals surface area contributed by atoms with Crippen molar-refractivity contribution in [3.63, 3.8) is 0 Å². The van der Waals surface area contributed by atoms with Crippen molar-refractivity contribution in [1.82, 2.24) is 10.6 Å². The molecule has 0 unspecified atom stereocenters. The van der Waals surface area contributed by atoms with Crippen molar-refractivity contribution in [3.05, 3.63) is 145 Å². The second-order valence-electron chi connectivity index (χ2n) is 38.2. The molecule has 0 saturated carbocycles. The van der Waals surface area contributed by atoms with Crippen LogP contribution in [0.5, 0.6) is 0 Å². The van der Waals surface area contributed by atoms with E-state index in [0.717, 1.165) is 10.5 Å². The summed E-state index contributed by atoms with van der Waals surface area (Å²) < 4.78 is 10.3. The van der Waals surface area contributed by atoms with Gasteiger partial charge < -0.3 is 20.1 Å². The van der Waals surface area contributed by atoms with Crippen LogP contribution in [0.2, 0.25) is 0 Å². The van der Waals surface area contributed by atoms with Gasteiger partial charge in [0.05, 0.1) is 24.7 Å². The number of allylic oxidation sites excluding steroid dienone is 16. The average molecular weight is 1780 g/mol. The Morgan fingerprint density at radius 1 is 0.218 bits per heavy atom. The van der Waals surface area contributed by atoms with E-state index < -0.39 is 0 Å². The molecular weight excluding hydrogens is 1560 g/mol. The minimum Gasteiger partial charge on any atom is -0.499 e. The molecule has 0 rings (SSSR count). The summed E-state index contributed by atoms with van der Waals surface area (Å²) in [6.07, 6.45) is 60.4. The Morgan fingerprint density at radius 3 is 0.621 bits per heavy atom. The third kappa shape index (κ3) is 246. The lowest BCUT2D eigenvalue weighted by Crippen LogP contribution is -2.15. The summed E-state index contributed by atoms with van der Waals surface area (Å²) in [5, 5.41) is 12.2. The number of hydrogen-bond donors (Lipinski definition) is 2. The molecule has 0 aromatic rings. The largest absolute Gasteiger partial charge is 0.499 e. The van der Waals surface area contributed by atoms with Crippen LogP contribution in [-0.4, -0.2) is 109 Å². The van der Waals surface area contributed by atoms with E-state index in [1.165, 1.54) is 0 Å². The topological polar surface area (TPSA) is 141 Å². The van der Waals surface area contributed by atoms with Gasteiger partial charge in [-0.05, 0) is 253 Å². The summed E-state index contributed by atoms with van der Waals surface area (Å²) in [4.78, 5) is 32.7. The molecule has 0 saturated heterocycles. The Kier molecular flexibility index (Phi) is 134. The van der Waals surface area contributed by atoms with Gasteiger partial charge in [-0.2, -0.15) is 0 Å². The van der Waals surface area contributed by atoms with Crippen molar-refractivity contribution < 1.29 is 9.47 Å². The summed E-state index contributed by atoms with van der Waals surface area (Å²) in [6, 6.07) is 2.64. The zero-order valence-electron chi connectivity index (χ0n) is 91.7. The lowest BCUT2D eigenvalue weighted by molar-refractivity contribution is 0.177. The monoisotopic (exact) mass is 1770 g/mol. The van der Waals surface area contributed by atoms with Crippen LogP contribution in [-0.2, 0) is 9.47 Å². The van der Waals surface area contributed by atoms with E-state index in [2.05, 4.69) is 439 Å². The Balaban J connectivity index is -0.0000000979. The zero-order valence-corrected chi connectivity index (χ0v) is 93.3. The minimum absolute atomic E-state index is 0.306. The predicted molar refractivity (Wildman–Crippen MR) is 590 cm³/mol. The fourth-order valence-electron chi connectivity index (χ4n) is 5.53. The van der Waals surface area contributed by atoms with Gasteiger partial charge in [0.15, 0.2) is 0 Å². The molecule has 0 amide bonds. The maximum absolute atomic E-state index is 5.17. The van der Waals surface area contributed by atoms with Crippen molar-refractivity contribution in [1.29, 1.82) is 0 Å². The molecule has 14 heteroatoms. The molecule has 0 bridgehead atoms. The van der Waals surface area contributed by atoms with Crippen molar-refractivity contribution in [2.45, 2.75) is 419 Å². The minimum atomic E-state index is 0.306. The molecule has 0 spiro atoms. The van der Waals surface area contributed by atoms with Gasteiger partial charge in [0.1, 0.15) is 12.7 Å². The van der Waals surface area contributed by atoms with Gasteiger partial charge >= 0.3 is 0 Å². The highest BCUT2D eigenvalue weighted by molar-refractivity contribution is 8.02. The van der Waals surface area contributed by atoms with Crippen molar-refractivity contribution in [2.24, 2.45) is 135 Å². The Morgan fingerprint density at radius 2 is 0.435 bits per heavy atom. The van der Waals surface area contributed by atoms with E-state index in [-0.39, 0.29) is 0 Å². The molecule has 0 aromatic carbocycles. The summed E-state index contributed by atoms with van der Waals surface area (Å²) in [5.41, 5.74) is 0. The first-order chi connectivity index (χ1) is 57.1. The fraction of sp³-hybridized carbons (Fsp3) is 0.709. The number of rotatable bonds is 39. The molecular formula is C110H216N10O2S2. The molecule has 2 N–H and O–H groups in total. The average Bonchev–Trinajstić information content (AvgIpc) is 1.17. The molecule has 0 radical (unpaired) electrons. The molecule has 0 aromatic heterocycles. The number of thioether (sulfide) groups is 2. The lowest BCUT2D eigenvalue weighted by Gasteiger charge is -2.03. The van der Waals surface area contributed by atoms with Crippen LogP contribution in [0.1, 0.15) is 360 Å². The number of hydrogen-bond acceptors (Lipinski definition) is 12. The Labute approximate surface area is 787 Å². The molecule has 0 aliphatic rings. The van der Waals surface area contributed by atoms with E-state index in [0.29, 0.717) is 143 Å². The zero-order chi connectivity index (χ0) is 99.5. The molecule has 0 fully saturated rings. The quantitative estimate of drug-likeness (QED) is 0.0272. The summed E-state index contributed by atoms with van der Waals surface area (Å²) >= 11 is 3.76. The van der Waals surface area contributed by atoms with Gasteiger partial charge in [0.25, 0.3) is 0 Å².